The summed E-state index contributed by atoms with van der Waals surface area (Å²) in [5.41, 5.74) is 0. The van der Waals surface area contributed by atoms with Crippen LogP contribution < -0.4 is 5.32 Å². The lowest BCUT2D eigenvalue weighted by molar-refractivity contribution is 0.118. The predicted octanol–water partition coefficient (Wildman–Crippen LogP) is 0.953. The van der Waals surface area contributed by atoms with Crippen LogP contribution in [0.2, 0.25) is 0 Å². The van der Waals surface area contributed by atoms with Crippen molar-refractivity contribution in [3.8, 4) is 0 Å². The minimum Gasteiger partial charge on any atom is -0.380 e. The van der Waals surface area contributed by atoms with Crippen molar-refractivity contribution in [2.24, 2.45) is 5.92 Å². The Labute approximate surface area is 87.8 Å². The van der Waals surface area contributed by atoms with Crippen molar-refractivity contribution in [2.75, 3.05) is 40.4 Å². The summed E-state index contributed by atoms with van der Waals surface area (Å²) in [6.45, 7) is 5.91. The molecule has 0 aromatic heterocycles. The highest BCUT2D eigenvalue weighted by Crippen LogP contribution is 2.32. The smallest absolute Gasteiger partial charge is 0.0593 e. The average molecular weight is 200 g/mol. The minimum absolute atomic E-state index is 0.682. The highest BCUT2D eigenvalue weighted by Gasteiger charge is 2.30. The fraction of sp³-hybridized carbons (Fsp3) is 1.00. The molecule has 1 unspecified atom stereocenters. The molecule has 1 rings (SSSR count). The maximum absolute atomic E-state index is 5.33. The number of rotatable bonds is 8. The summed E-state index contributed by atoms with van der Waals surface area (Å²) in [6.07, 6.45) is 2.82. The molecule has 0 saturated heterocycles. The Balaban J connectivity index is 2.07. The lowest BCUT2D eigenvalue weighted by atomic mass is 10.2. The number of hydrogen-bond donors (Lipinski definition) is 1. The van der Waals surface area contributed by atoms with Gasteiger partial charge in [0.2, 0.25) is 0 Å². The quantitative estimate of drug-likeness (QED) is 0.591. The van der Waals surface area contributed by atoms with E-state index >= 15 is 0 Å². The van der Waals surface area contributed by atoms with Gasteiger partial charge in [-0.25, -0.2) is 0 Å². The molecule has 3 heteroatoms. The van der Waals surface area contributed by atoms with Crippen molar-refractivity contribution in [1.29, 1.82) is 0 Å². The van der Waals surface area contributed by atoms with Gasteiger partial charge in [-0.3, -0.25) is 0 Å². The Morgan fingerprint density at radius 1 is 1.50 bits per heavy atom. The molecule has 1 saturated carbocycles. The van der Waals surface area contributed by atoms with Crippen molar-refractivity contribution in [1.82, 2.24) is 10.2 Å². The van der Waals surface area contributed by atoms with Crippen LogP contribution >= 0.6 is 0 Å². The summed E-state index contributed by atoms with van der Waals surface area (Å²) in [5.74, 6) is 0.926. The van der Waals surface area contributed by atoms with Gasteiger partial charge in [0.25, 0.3) is 0 Å². The molecular weight excluding hydrogens is 176 g/mol. The molecule has 0 spiro atoms. The molecule has 14 heavy (non-hydrogen) atoms. The first-order valence-corrected chi connectivity index (χ1v) is 5.71. The Morgan fingerprint density at radius 2 is 2.21 bits per heavy atom. The molecule has 0 heterocycles. The Bertz CT molecular complexity index is 148. The molecule has 1 aliphatic rings. The first-order valence-electron chi connectivity index (χ1n) is 5.71. The molecule has 0 bridgehead atoms. The van der Waals surface area contributed by atoms with Crippen LogP contribution in [0.15, 0.2) is 0 Å². The standard InChI is InChI=1S/C11H24N2O/c1-4-14-8-7-13(3)9-11(12-2)10-5-6-10/h10-12H,4-9H2,1-3H3. The second kappa shape index (κ2) is 6.38. The van der Waals surface area contributed by atoms with E-state index in [0.717, 1.165) is 32.2 Å². The summed E-state index contributed by atoms with van der Waals surface area (Å²) in [4.78, 5) is 2.36. The van der Waals surface area contributed by atoms with Crippen LogP contribution in [0.25, 0.3) is 0 Å². The lowest BCUT2D eigenvalue weighted by Gasteiger charge is -2.23. The van der Waals surface area contributed by atoms with E-state index in [1.165, 1.54) is 12.8 Å². The molecule has 1 atom stereocenters. The zero-order valence-corrected chi connectivity index (χ0v) is 9.75. The van der Waals surface area contributed by atoms with Gasteiger partial charge in [-0.2, -0.15) is 0 Å². The second-order valence-electron chi connectivity index (χ2n) is 4.19. The molecule has 0 aromatic rings. The summed E-state index contributed by atoms with van der Waals surface area (Å²) in [5, 5.41) is 3.40. The van der Waals surface area contributed by atoms with Crippen LogP contribution in [0.3, 0.4) is 0 Å². The average Bonchev–Trinajstić information content (AvgIpc) is 2.98. The molecule has 1 aliphatic carbocycles. The van der Waals surface area contributed by atoms with Crippen molar-refractivity contribution in [3.63, 3.8) is 0 Å². The van der Waals surface area contributed by atoms with Gasteiger partial charge in [0.05, 0.1) is 6.61 Å². The van der Waals surface area contributed by atoms with E-state index < -0.39 is 0 Å². The molecule has 0 radical (unpaired) electrons. The topological polar surface area (TPSA) is 24.5 Å². The third kappa shape index (κ3) is 4.40. The van der Waals surface area contributed by atoms with E-state index in [1.807, 2.05) is 6.92 Å². The molecule has 3 nitrogen and oxygen atoms in total. The van der Waals surface area contributed by atoms with Gasteiger partial charge in [-0.1, -0.05) is 0 Å². The van der Waals surface area contributed by atoms with Gasteiger partial charge in [0, 0.05) is 25.7 Å². The predicted molar refractivity (Wildman–Crippen MR) is 59.6 cm³/mol. The summed E-state index contributed by atoms with van der Waals surface area (Å²) in [7, 11) is 4.24. The van der Waals surface area contributed by atoms with Gasteiger partial charge < -0.3 is 15.0 Å². The summed E-state index contributed by atoms with van der Waals surface area (Å²) < 4.78 is 5.33. The van der Waals surface area contributed by atoms with Gasteiger partial charge >= 0.3 is 0 Å². The minimum atomic E-state index is 0.682. The zero-order chi connectivity index (χ0) is 10.4. The maximum atomic E-state index is 5.33. The van der Waals surface area contributed by atoms with Crippen molar-refractivity contribution >= 4 is 0 Å². The molecule has 0 aliphatic heterocycles. The molecule has 0 amide bonds. The monoisotopic (exact) mass is 200 g/mol. The van der Waals surface area contributed by atoms with E-state index in [-0.39, 0.29) is 0 Å². The highest BCUT2D eigenvalue weighted by molar-refractivity contribution is 4.87. The molecular formula is C11H24N2O. The first-order chi connectivity index (χ1) is 6.77. The number of hydrogen-bond acceptors (Lipinski definition) is 3. The number of nitrogens with one attached hydrogen (secondary N) is 1. The third-order valence-corrected chi connectivity index (χ3v) is 2.89. The Hall–Kier alpha value is -0.120. The first kappa shape index (κ1) is 12.0. The Morgan fingerprint density at radius 3 is 2.71 bits per heavy atom. The van der Waals surface area contributed by atoms with Crippen LogP contribution in [-0.2, 0) is 4.74 Å². The highest BCUT2D eigenvalue weighted by atomic mass is 16.5. The number of likely N-dealkylation sites (N-methyl/N-ethyl adjacent to an activating group) is 2. The molecule has 1 fully saturated rings. The van der Waals surface area contributed by atoms with E-state index in [9.17, 15) is 0 Å². The van der Waals surface area contributed by atoms with Crippen LogP contribution in [0.4, 0.5) is 0 Å². The molecule has 0 aromatic carbocycles. The van der Waals surface area contributed by atoms with Crippen LogP contribution in [0.1, 0.15) is 19.8 Å². The normalized spacial score (nSPS) is 18.9. The fourth-order valence-electron chi connectivity index (χ4n) is 1.77. The second-order valence-corrected chi connectivity index (χ2v) is 4.19. The summed E-state index contributed by atoms with van der Waals surface area (Å²) >= 11 is 0. The number of nitrogens with zero attached hydrogens (tertiary/aromatic N) is 1. The van der Waals surface area contributed by atoms with Gasteiger partial charge in [0.1, 0.15) is 0 Å². The van der Waals surface area contributed by atoms with E-state index in [2.05, 4.69) is 24.3 Å². The lowest BCUT2D eigenvalue weighted by Crippen LogP contribution is -2.40. The molecule has 1 N–H and O–H groups in total. The zero-order valence-electron chi connectivity index (χ0n) is 9.75. The maximum Gasteiger partial charge on any atom is 0.0593 e. The third-order valence-electron chi connectivity index (χ3n) is 2.89. The van der Waals surface area contributed by atoms with Gasteiger partial charge in [0.15, 0.2) is 0 Å². The number of ether oxygens (including phenoxy) is 1. The van der Waals surface area contributed by atoms with Crippen molar-refractivity contribution < 1.29 is 4.74 Å². The molecule has 84 valence electrons. The summed E-state index contributed by atoms with van der Waals surface area (Å²) in [6, 6.07) is 0.682. The van der Waals surface area contributed by atoms with Crippen molar-refractivity contribution in [3.05, 3.63) is 0 Å². The van der Waals surface area contributed by atoms with Crippen LogP contribution in [0, 0.1) is 5.92 Å². The van der Waals surface area contributed by atoms with Crippen LogP contribution in [-0.4, -0.2) is 51.3 Å². The largest absolute Gasteiger partial charge is 0.380 e. The van der Waals surface area contributed by atoms with Crippen LogP contribution in [0.5, 0.6) is 0 Å². The van der Waals surface area contributed by atoms with Gasteiger partial charge in [-0.15, -0.1) is 0 Å². The van der Waals surface area contributed by atoms with E-state index in [1.54, 1.807) is 0 Å². The Kier molecular flexibility index (Phi) is 5.45. The van der Waals surface area contributed by atoms with Crippen molar-refractivity contribution in [2.45, 2.75) is 25.8 Å². The van der Waals surface area contributed by atoms with E-state index in [4.69, 9.17) is 4.74 Å². The SMILES string of the molecule is CCOCCN(C)CC(NC)C1CC1. The van der Waals surface area contributed by atoms with Gasteiger partial charge in [-0.05, 0) is 39.8 Å². The van der Waals surface area contributed by atoms with E-state index in [0.29, 0.717) is 6.04 Å². The fourth-order valence-corrected chi connectivity index (χ4v) is 1.77.